The summed E-state index contributed by atoms with van der Waals surface area (Å²) in [5.41, 5.74) is 1.78. The Bertz CT molecular complexity index is 472. The minimum Gasteiger partial charge on any atom is -0.370 e. The van der Waals surface area contributed by atoms with Crippen molar-refractivity contribution in [1.82, 2.24) is 10.2 Å². The summed E-state index contributed by atoms with van der Waals surface area (Å²) < 4.78 is 5.99. The molecular weight excluding hydrogens is 252 g/mol. The first-order valence-corrected chi connectivity index (χ1v) is 7.39. The van der Waals surface area contributed by atoms with Crippen molar-refractivity contribution in [3.8, 4) is 0 Å². The molecule has 1 spiro atoms. The van der Waals surface area contributed by atoms with Crippen molar-refractivity contribution < 1.29 is 9.53 Å². The van der Waals surface area contributed by atoms with E-state index >= 15 is 0 Å². The first-order chi connectivity index (χ1) is 9.69. The molecule has 2 saturated heterocycles. The fourth-order valence-electron chi connectivity index (χ4n) is 3.10. The van der Waals surface area contributed by atoms with Gasteiger partial charge < -0.3 is 15.0 Å². The molecule has 0 bridgehead atoms. The van der Waals surface area contributed by atoms with E-state index in [9.17, 15) is 4.79 Å². The quantitative estimate of drug-likeness (QED) is 0.845. The number of aryl methyl sites for hydroxylation is 1. The van der Waals surface area contributed by atoms with E-state index < -0.39 is 0 Å². The highest BCUT2D eigenvalue weighted by atomic mass is 16.5. The van der Waals surface area contributed by atoms with Crippen LogP contribution in [0, 0.1) is 6.92 Å². The van der Waals surface area contributed by atoms with Gasteiger partial charge in [-0.3, -0.25) is 4.79 Å². The second kappa shape index (κ2) is 5.54. The summed E-state index contributed by atoms with van der Waals surface area (Å²) in [6.07, 6.45) is 2.16. The maximum atomic E-state index is 12.6. The maximum absolute atomic E-state index is 12.6. The number of carbonyl (C=O) groups is 1. The number of benzene rings is 1. The Hall–Kier alpha value is -1.39. The average molecular weight is 274 g/mol. The third kappa shape index (κ3) is 2.72. The molecule has 0 aliphatic carbocycles. The van der Waals surface area contributed by atoms with E-state index in [1.807, 2.05) is 36.1 Å². The number of carbonyl (C=O) groups excluding carboxylic acids is 1. The number of rotatable bonds is 1. The molecule has 1 N–H and O–H groups in total. The van der Waals surface area contributed by atoms with E-state index in [1.165, 1.54) is 5.56 Å². The molecule has 2 fully saturated rings. The molecule has 2 heterocycles. The summed E-state index contributed by atoms with van der Waals surface area (Å²) in [6, 6.07) is 7.81. The summed E-state index contributed by atoms with van der Waals surface area (Å²) >= 11 is 0. The molecule has 4 heteroatoms. The number of hydrogen-bond acceptors (Lipinski definition) is 3. The van der Waals surface area contributed by atoms with Crippen molar-refractivity contribution in [2.75, 3.05) is 32.8 Å². The van der Waals surface area contributed by atoms with Crippen molar-refractivity contribution >= 4 is 5.91 Å². The second-order valence-electron chi connectivity index (χ2n) is 5.90. The molecule has 0 saturated carbocycles. The summed E-state index contributed by atoms with van der Waals surface area (Å²) in [4.78, 5) is 14.5. The fraction of sp³-hybridized carbons (Fsp3) is 0.562. The monoisotopic (exact) mass is 274 g/mol. The first-order valence-electron chi connectivity index (χ1n) is 7.39. The highest BCUT2D eigenvalue weighted by Gasteiger charge is 2.39. The van der Waals surface area contributed by atoms with Gasteiger partial charge in [-0.05, 0) is 38.4 Å². The molecule has 2 aliphatic heterocycles. The average Bonchev–Trinajstić information content (AvgIpc) is 2.48. The molecule has 4 nitrogen and oxygen atoms in total. The number of hydrogen-bond donors (Lipinski definition) is 1. The molecule has 1 aromatic carbocycles. The lowest BCUT2D eigenvalue weighted by Crippen LogP contribution is -2.59. The normalized spacial score (nSPS) is 26.8. The van der Waals surface area contributed by atoms with Gasteiger partial charge in [-0.2, -0.15) is 0 Å². The Balaban J connectivity index is 1.73. The zero-order chi connectivity index (χ0) is 14.0. The Labute approximate surface area is 120 Å². The topological polar surface area (TPSA) is 41.6 Å². The van der Waals surface area contributed by atoms with Crippen molar-refractivity contribution in [3.05, 3.63) is 35.4 Å². The molecule has 1 unspecified atom stereocenters. The van der Waals surface area contributed by atoms with Gasteiger partial charge in [0.25, 0.3) is 5.91 Å². The zero-order valence-electron chi connectivity index (χ0n) is 12.0. The Kier molecular flexibility index (Phi) is 3.76. The van der Waals surface area contributed by atoms with Crippen LogP contribution in [0.15, 0.2) is 24.3 Å². The maximum Gasteiger partial charge on any atom is 0.254 e. The third-order valence-electron chi connectivity index (χ3n) is 4.27. The van der Waals surface area contributed by atoms with E-state index in [4.69, 9.17) is 4.74 Å². The van der Waals surface area contributed by atoms with Gasteiger partial charge in [0, 0.05) is 18.7 Å². The summed E-state index contributed by atoms with van der Waals surface area (Å²) in [5.74, 6) is 0.123. The Morgan fingerprint density at radius 2 is 2.15 bits per heavy atom. The minimum absolute atomic E-state index is 0.123. The van der Waals surface area contributed by atoms with Gasteiger partial charge in [0.15, 0.2) is 0 Å². The van der Waals surface area contributed by atoms with E-state index in [2.05, 4.69) is 5.32 Å². The van der Waals surface area contributed by atoms with Crippen molar-refractivity contribution in [2.24, 2.45) is 0 Å². The minimum atomic E-state index is -0.170. The largest absolute Gasteiger partial charge is 0.370 e. The van der Waals surface area contributed by atoms with Crippen LogP contribution in [-0.4, -0.2) is 49.2 Å². The van der Waals surface area contributed by atoms with Gasteiger partial charge in [0.05, 0.1) is 18.8 Å². The van der Waals surface area contributed by atoms with Crippen LogP contribution in [0.1, 0.15) is 28.8 Å². The molecule has 3 rings (SSSR count). The van der Waals surface area contributed by atoms with Gasteiger partial charge in [0.1, 0.15) is 0 Å². The number of nitrogens with one attached hydrogen (secondary N) is 1. The standard InChI is InChI=1S/C16H22N2O2/c1-13-3-5-14(6-4-13)15(19)18-9-10-20-16(12-18)7-2-8-17-11-16/h3-6,17H,2,7-12H2,1H3. The van der Waals surface area contributed by atoms with Crippen LogP contribution in [-0.2, 0) is 4.74 Å². The Morgan fingerprint density at radius 1 is 1.35 bits per heavy atom. The summed E-state index contributed by atoms with van der Waals surface area (Å²) in [5, 5.41) is 3.39. The van der Waals surface area contributed by atoms with Gasteiger partial charge in [-0.1, -0.05) is 17.7 Å². The van der Waals surface area contributed by atoms with Crippen LogP contribution < -0.4 is 5.32 Å². The molecule has 1 atom stereocenters. The molecule has 1 aromatic rings. The molecule has 108 valence electrons. The number of piperidine rings is 1. The lowest BCUT2D eigenvalue weighted by Gasteiger charge is -2.45. The zero-order valence-corrected chi connectivity index (χ0v) is 12.0. The van der Waals surface area contributed by atoms with Crippen LogP contribution in [0.4, 0.5) is 0 Å². The number of nitrogens with zero attached hydrogens (tertiary/aromatic N) is 1. The van der Waals surface area contributed by atoms with Gasteiger partial charge in [-0.15, -0.1) is 0 Å². The van der Waals surface area contributed by atoms with Crippen LogP contribution in [0.25, 0.3) is 0 Å². The predicted molar refractivity (Wildman–Crippen MR) is 77.9 cm³/mol. The number of amides is 1. The summed E-state index contributed by atoms with van der Waals surface area (Å²) in [6.45, 7) is 5.97. The molecule has 0 aromatic heterocycles. The third-order valence-corrected chi connectivity index (χ3v) is 4.27. The van der Waals surface area contributed by atoms with Gasteiger partial charge in [0.2, 0.25) is 0 Å². The lowest BCUT2D eigenvalue weighted by molar-refractivity contribution is -0.109. The predicted octanol–water partition coefficient (Wildman–Crippen LogP) is 1.59. The van der Waals surface area contributed by atoms with Crippen molar-refractivity contribution in [1.29, 1.82) is 0 Å². The molecular formula is C16H22N2O2. The van der Waals surface area contributed by atoms with Crippen LogP contribution in [0.2, 0.25) is 0 Å². The Morgan fingerprint density at radius 3 is 2.85 bits per heavy atom. The highest BCUT2D eigenvalue weighted by molar-refractivity contribution is 5.94. The van der Waals surface area contributed by atoms with Crippen LogP contribution >= 0.6 is 0 Å². The first kappa shape index (κ1) is 13.6. The highest BCUT2D eigenvalue weighted by Crippen LogP contribution is 2.26. The second-order valence-corrected chi connectivity index (χ2v) is 5.90. The molecule has 1 amide bonds. The van der Waals surface area contributed by atoms with Crippen molar-refractivity contribution in [3.63, 3.8) is 0 Å². The van der Waals surface area contributed by atoms with E-state index in [-0.39, 0.29) is 11.5 Å². The fourth-order valence-corrected chi connectivity index (χ4v) is 3.10. The van der Waals surface area contributed by atoms with Crippen LogP contribution in [0.3, 0.4) is 0 Å². The molecule has 2 aliphatic rings. The van der Waals surface area contributed by atoms with E-state index in [1.54, 1.807) is 0 Å². The van der Waals surface area contributed by atoms with Crippen LogP contribution in [0.5, 0.6) is 0 Å². The molecule has 0 radical (unpaired) electrons. The number of morpholine rings is 1. The van der Waals surface area contributed by atoms with E-state index in [0.717, 1.165) is 31.5 Å². The van der Waals surface area contributed by atoms with E-state index in [0.29, 0.717) is 19.7 Å². The number of ether oxygens (including phenoxy) is 1. The smallest absolute Gasteiger partial charge is 0.254 e. The summed E-state index contributed by atoms with van der Waals surface area (Å²) in [7, 11) is 0. The SMILES string of the molecule is Cc1ccc(C(=O)N2CCOC3(CCCNC3)C2)cc1. The van der Waals surface area contributed by atoms with Gasteiger partial charge in [-0.25, -0.2) is 0 Å². The van der Waals surface area contributed by atoms with Gasteiger partial charge >= 0.3 is 0 Å². The lowest BCUT2D eigenvalue weighted by atomic mass is 9.91. The molecule has 20 heavy (non-hydrogen) atoms. The van der Waals surface area contributed by atoms with Crippen molar-refractivity contribution in [2.45, 2.75) is 25.4 Å².